The summed E-state index contributed by atoms with van der Waals surface area (Å²) in [7, 11) is 6.61. The van der Waals surface area contributed by atoms with Gasteiger partial charge in [-0.25, -0.2) is 0 Å². The molecular weight excluding hydrogens is 315 g/mol. The minimum absolute atomic E-state index is 0.0454. The maximum Gasteiger partial charge on any atom is 0.126 e. The summed E-state index contributed by atoms with van der Waals surface area (Å²) in [5, 5.41) is 7.54. The lowest BCUT2D eigenvalue weighted by Gasteiger charge is -2.26. The first-order chi connectivity index (χ1) is 12.6. The first kappa shape index (κ1) is 15.7. The Labute approximate surface area is 154 Å². The summed E-state index contributed by atoms with van der Waals surface area (Å²) in [6.07, 6.45) is 2.09. The van der Waals surface area contributed by atoms with E-state index in [1.54, 1.807) is 0 Å². The van der Waals surface area contributed by atoms with Crippen molar-refractivity contribution in [2.75, 3.05) is 0 Å². The van der Waals surface area contributed by atoms with E-state index in [1.807, 2.05) is 13.0 Å². The highest BCUT2D eigenvalue weighted by Crippen LogP contribution is 2.39. The second-order valence-electron chi connectivity index (χ2n) is 7.29. The fraction of sp³-hybridized carbons (Fsp3) is 0.167. The normalized spacial score (nSPS) is 23.0. The third kappa shape index (κ3) is 2.15. The molecule has 0 N–H and O–H groups in total. The molecule has 1 nitrogen and oxygen atoms in total. The molecule has 2 atom stereocenters. The zero-order valence-corrected chi connectivity index (χ0v) is 15.0. The van der Waals surface area contributed by atoms with Crippen molar-refractivity contribution in [1.82, 2.24) is 0 Å². The molecule has 2 unspecified atom stereocenters. The lowest BCUT2D eigenvalue weighted by Crippen LogP contribution is -2.26. The molecule has 26 heavy (non-hydrogen) atoms. The Balaban J connectivity index is 1.87. The molecule has 0 saturated heterocycles. The summed E-state index contributed by atoms with van der Waals surface area (Å²) in [5.41, 5.74) is 1.31. The molecular formula is C24H19BO. The van der Waals surface area contributed by atoms with Gasteiger partial charge in [0.15, 0.2) is 0 Å². The van der Waals surface area contributed by atoms with Gasteiger partial charge in [-0.15, -0.1) is 0 Å². The van der Waals surface area contributed by atoms with E-state index in [-0.39, 0.29) is 6.10 Å². The summed E-state index contributed by atoms with van der Waals surface area (Å²) in [6, 6.07) is 23.7. The first-order valence-electron chi connectivity index (χ1n) is 9.06. The lowest BCUT2D eigenvalue weighted by atomic mass is 9.74. The van der Waals surface area contributed by atoms with Crippen molar-refractivity contribution in [1.29, 1.82) is 0 Å². The summed E-state index contributed by atoms with van der Waals surface area (Å²) < 4.78 is 6.08. The SMILES string of the molecule is [B]C1(c2ccc3c4ccccc4c4ccccc4c3c2)C=C(C)C(C)O1. The Kier molecular flexibility index (Phi) is 3.29. The van der Waals surface area contributed by atoms with E-state index in [0.29, 0.717) is 0 Å². The van der Waals surface area contributed by atoms with Gasteiger partial charge in [0.1, 0.15) is 7.85 Å². The number of rotatable bonds is 1. The molecule has 0 amide bonds. The number of benzene rings is 4. The van der Waals surface area contributed by atoms with E-state index < -0.39 is 5.50 Å². The Hall–Kier alpha value is -2.58. The van der Waals surface area contributed by atoms with Crippen LogP contribution in [0.15, 0.2) is 78.4 Å². The number of ether oxygens (including phenoxy) is 1. The van der Waals surface area contributed by atoms with Crippen LogP contribution in [0.5, 0.6) is 0 Å². The second-order valence-corrected chi connectivity index (χ2v) is 7.29. The Bertz CT molecular complexity index is 1170. The molecule has 2 radical (unpaired) electrons. The van der Waals surface area contributed by atoms with E-state index in [0.717, 1.165) is 5.56 Å². The predicted octanol–water partition coefficient (Wildman–Crippen LogP) is 5.83. The third-order valence-electron chi connectivity index (χ3n) is 5.65. The number of hydrogen-bond donors (Lipinski definition) is 0. The van der Waals surface area contributed by atoms with Crippen LogP contribution in [0, 0.1) is 0 Å². The van der Waals surface area contributed by atoms with Crippen molar-refractivity contribution in [3.8, 4) is 0 Å². The van der Waals surface area contributed by atoms with Gasteiger partial charge in [-0.05, 0) is 63.4 Å². The van der Waals surface area contributed by atoms with Crippen LogP contribution in [0.3, 0.4) is 0 Å². The summed E-state index contributed by atoms with van der Waals surface area (Å²) in [5.74, 6) is 0. The quantitative estimate of drug-likeness (QED) is 0.242. The van der Waals surface area contributed by atoms with Gasteiger partial charge < -0.3 is 4.74 Å². The minimum atomic E-state index is -0.857. The standard InChI is InChI=1S/C24H19BO/c1-15-14-24(25,26-16(15)2)17-11-12-22-20-9-4-3-7-18(20)19-8-5-6-10-21(19)23(22)13-17/h3-14,16H,1-2H3. The Morgan fingerprint density at radius 1 is 0.769 bits per heavy atom. The topological polar surface area (TPSA) is 9.23 Å². The largest absolute Gasteiger partial charge is 0.369 e. The zero-order valence-electron chi connectivity index (χ0n) is 15.0. The lowest BCUT2D eigenvalue weighted by molar-refractivity contribution is 0.0363. The highest BCUT2D eigenvalue weighted by molar-refractivity contribution is 6.25. The Morgan fingerprint density at radius 3 is 1.77 bits per heavy atom. The van der Waals surface area contributed by atoms with E-state index in [9.17, 15) is 0 Å². The van der Waals surface area contributed by atoms with Gasteiger partial charge in [0.25, 0.3) is 0 Å². The highest BCUT2D eigenvalue weighted by Gasteiger charge is 2.33. The molecule has 4 aromatic rings. The van der Waals surface area contributed by atoms with Crippen molar-refractivity contribution in [3.63, 3.8) is 0 Å². The minimum Gasteiger partial charge on any atom is -0.369 e. The molecule has 0 spiro atoms. The van der Waals surface area contributed by atoms with Crippen LogP contribution in [-0.4, -0.2) is 14.0 Å². The fourth-order valence-electron chi connectivity index (χ4n) is 4.18. The van der Waals surface area contributed by atoms with Gasteiger partial charge in [0.05, 0.1) is 11.6 Å². The van der Waals surface area contributed by atoms with E-state index >= 15 is 0 Å². The molecule has 1 aliphatic rings. The summed E-state index contributed by atoms with van der Waals surface area (Å²) in [6.45, 7) is 4.12. The Morgan fingerprint density at radius 2 is 1.27 bits per heavy atom. The number of hydrogen-bond acceptors (Lipinski definition) is 1. The molecule has 124 valence electrons. The molecule has 4 aromatic carbocycles. The molecule has 0 bridgehead atoms. The van der Waals surface area contributed by atoms with Gasteiger partial charge in [-0.2, -0.15) is 0 Å². The molecule has 1 heterocycles. The van der Waals surface area contributed by atoms with Crippen molar-refractivity contribution in [2.45, 2.75) is 25.5 Å². The smallest absolute Gasteiger partial charge is 0.126 e. The molecule has 0 saturated carbocycles. The van der Waals surface area contributed by atoms with Crippen LogP contribution in [-0.2, 0) is 10.2 Å². The van der Waals surface area contributed by atoms with Gasteiger partial charge in [0, 0.05) is 0 Å². The average molecular weight is 334 g/mol. The molecule has 0 aliphatic carbocycles. The van der Waals surface area contributed by atoms with E-state index in [1.165, 1.54) is 37.9 Å². The summed E-state index contributed by atoms with van der Waals surface area (Å²) in [4.78, 5) is 0. The van der Waals surface area contributed by atoms with Crippen LogP contribution in [0.4, 0.5) is 0 Å². The van der Waals surface area contributed by atoms with Crippen LogP contribution >= 0.6 is 0 Å². The molecule has 0 aromatic heterocycles. The molecule has 0 fully saturated rings. The van der Waals surface area contributed by atoms with Crippen molar-refractivity contribution < 1.29 is 4.74 Å². The van der Waals surface area contributed by atoms with Crippen LogP contribution in [0.2, 0.25) is 0 Å². The fourth-order valence-corrected chi connectivity index (χ4v) is 4.18. The van der Waals surface area contributed by atoms with Gasteiger partial charge >= 0.3 is 0 Å². The summed E-state index contributed by atoms with van der Waals surface area (Å²) >= 11 is 0. The molecule has 2 heteroatoms. The van der Waals surface area contributed by atoms with E-state index in [2.05, 4.69) is 73.7 Å². The van der Waals surface area contributed by atoms with Gasteiger partial charge in [0.2, 0.25) is 0 Å². The zero-order chi connectivity index (χ0) is 17.9. The average Bonchev–Trinajstić information content (AvgIpc) is 2.94. The third-order valence-corrected chi connectivity index (χ3v) is 5.65. The van der Waals surface area contributed by atoms with Crippen LogP contribution in [0.1, 0.15) is 19.4 Å². The second kappa shape index (κ2) is 5.46. The maximum atomic E-state index is 6.61. The van der Waals surface area contributed by atoms with Gasteiger partial charge in [-0.1, -0.05) is 66.7 Å². The van der Waals surface area contributed by atoms with Crippen LogP contribution < -0.4 is 0 Å². The van der Waals surface area contributed by atoms with Crippen molar-refractivity contribution in [2.24, 2.45) is 0 Å². The van der Waals surface area contributed by atoms with Gasteiger partial charge in [-0.3, -0.25) is 0 Å². The van der Waals surface area contributed by atoms with E-state index in [4.69, 9.17) is 12.6 Å². The first-order valence-corrected chi connectivity index (χ1v) is 9.06. The van der Waals surface area contributed by atoms with Crippen molar-refractivity contribution >= 4 is 40.2 Å². The highest BCUT2D eigenvalue weighted by atomic mass is 16.5. The maximum absolute atomic E-state index is 6.61. The van der Waals surface area contributed by atoms with Crippen LogP contribution in [0.25, 0.3) is 32.3 Å². The molecule has 1 aliphatic heterocycles. The number of fused-ring (bicyclic) bond motifs is 6. The van der Waals surface area contributed by atoms with Crippen molar-refractivity contribution in [3.05, 3.63) is 83.9 Å². The molecule has 5 rings (SSSR count). The monoisotopic (exact) mass is 334 g/mol. The predicted molar refractivity (Wildman–Crippen MR) is 111 cm³/mol.